The van der Waals surface area contributed by atoms with Gasteiger partial charge in [0.2, 0.25) is 11.8 Å². The summed E-state index contributed by atoms with van der Waals surface area (Å²) < 4.78 is 0. The summed E-state index contributed by atoms with van der Waals surface area (Å²) in [4.78, 5) is 25.7. The molecule has 8 saturated carbocycles. The maximum Gasteiger partial charge on any atom is 0.226 e. The van der Waals surface area contributed by atoms with E-state index in [1.54, 1.807) is 6.92 Å². The van der Waals surface area contributed by atoms with Crippen molar-refractivity contribution in [3.63, 3.8) is 0 Å². The van der Waals surface area contributed by atoms with E-state index in [1.807, 2.05) is 0 Å². The van der Waals surface area contributed by atoms with Gasteiger partial charge in [0.05, 0.1) is 5.41 Å². The largest absolute Gasteiger partial charge is 0.351 e. The van der Waals surface area contributed by atoms with Gasteiger partial charge in [-0.2, -0.15) is 0 Å². The Labute approximate surface area is 162 Å². The second-order valence-electron chi connectivity index (χ2n) is 11.9. The number of carbonyl (C=O) groups excluding carboxylic acids is 2. The molecular formula is C23H34N2O2. The SMILES string of the molecule is CC(=O)NC12C[C@H]3C[C@@H](C1)CC(C(=O)NC14CC5CC(CC(C5)C1)C4)(C3)C2. The average molecular weight is 371 g/mol. The molecule has 0 aromatic heterocycles. The lowest BCUT2D eigenvalue weighted by atomic mass is 9.46. The topological polar surface area (TPSA) is 58.2 Å². The Morgan fingerprint density at radius 1 is 0.667 bits per heavy atom. The van der Waals surface area contributed by atoms with Crippen molar-refractivity contribution < 1.29 is 9.59 Å². The van der Waals surface area contributed by atoms with Gasteiger partial charge in [0.1, 0.15) is 0 Å². The van der Waals surface area contributed by atoms with Gasteiger partial charge in [-0.1, -0.05) is 0 Å². The number of hydrogen-bond donors (Lipinski definition) is 2. The molecular weight excluding hydrogens is 336 g/mol. The van der Waals surface area contributed by atoms with E-state index in [0.29, 0.717) is 17.7 Å². The van der Waals surface area contributed by atoms with E-state index in [9.17, 15) is 9.59 Å². The van der Waals surface area contributed by atoms with Gasteiger partial charge in [0, 0.05) is 18.0 Å². The van der Waals surface area contributed by atoms with E-state index in [-0.39, 0.29) is 22.4 Å². The minimum Gasteiger partial charge on any atom is -0.351 e. The van der Waals surface area contributed by atoms with Gasteiger partial charge in [0.25, 0.3) is 0 Å². The molecule has 8 fully saturated rings. The molecule has 148 valence electrons. The third-order valence-corrected chi connectivity index (χ3v) is 9.40. The van der Waals surface area contributed by atoms with Crippen molar-refractivity contribution in [2.24, 2.45) is 35.0 Å². The van der Waals surface area contributed by atoms with Crippen LogP contribution in [0.15, 0.2) is 0 Å². The fraction of sp³-hybridized carbons (Fsp3) is 0.913. The van der Waals surface area contributed by atoms with Crippen LogP contribution in [0.2, 0.25) is 0 Å². The fourth-order valence-corrected chi connectivity index (χ4v) is 9.69. The van der Waals surface area contributed by atoms with E-state index in [1.165, 1.54) is 44.9 Å². The molecule has 0 aromatic carbocycles. The predicted octanol–water partition coefficient (Wildman–Crippen LogP) is 3.55. The second kappa shape index (κ2) is 5.30. The first-order chi connectivity index (χ1) is 12.9. The first-order valence-corrected chi connectivity index (χ1v) is 11.5. The minimum atomic E-state index is -0.212. The molecule has 8 bridgehead atoms. The summed E-state index contributed by atoms with van der Waals surface area (Å²) in [5, 5.41) is 7.01. The van der Waals surface area contributed by atoms with Gasteiger partial charge in [-0.05, 0) is 107 Å². The van der Waals surface area contributed by atoms with Gasteiger partial charge < -0.3 is 10.6 Å². The molecule has 0 aromatic rings. The first-order valence-electron chi connectivity index (χ1n) is 11.5. The van der Waals surface area contributed by atoms with Gasteiger partial charge in [-0.15, -0.1) is 0 Å². The van der Waals surface area contributed by atoms with E-state index in [0.717, 1.165) is 49.9 Å². The van der Waals surface area contributed by atoms with Crippen LogP contribution in [-0.2, 0) is 9.59 Å². The van der Waals surface area contributed by atoms with Crippen molar-refractivity contribution in [3.8, 4) is 0 Å². The van der Waals surface area contributed by atoms with Crippen LogP contribution in [0, 0.1) is 35.0 Å². The molecule has 0 heterocycles. The van der Waals surface area contributed by atoms with Gasteiger partial charge in [0.15, 0.2) is 0 Å². The quantitative estimate of drug-likeness (QED) is 0.798. The normalized spacial score (nSPS) is 54.2. The van der Waals surface area contributed by atoms with Crippen LogP contribution in [-0.4, -0.2) is 22.9 Å². The molecule has 4 atom stereocenters. The number of carbonyl (C=O) groups is 2. The van der Waals surface area contributed by atoms with Gasteiger partial charge in [-0.3, -0.25) is 9.59 Å². The van der Waals surface area contributed by atoms with Crippen LogP contribution >= 0.6 is 0 Å². The lowest BCUT2D eigenvalue weighted by molar-refractivity contribution is -0.157. The number of amides is 2. The first kappa shape index (κ1) is 16.9. The monoisotopic (exact) mass is 370 g/mol. The van der Waals surface area contributed by atoms with Crippen molar-refractivity contribution in [2.45, 2.75) is 95.1 Å². The zero-order valence-electron chi connectivity index (χ0n) is 16.7. The molecule has 8 aliphatic rings. The van der Waals surface area contributed by atoms with Crippen LogP contribution < -0.4 is 10.6 Å². The molecule has 2 unspecified atom stereocenters. The van der Waals surface area contributed by atoms with E-state index in [2.05, 4.69) is 10.6 Å². The van der Waals surface area contributed by atoms with Gasteiger partial charge in [-0.25, -0.2) is 0 Å². The number of nitrogens with one attached hydrogen (secondary N) is 2. The van der Waals surface area contributed by atoms with Crippen molar-refractivity contribution in [1.29, 1.82) is 0 Å². The Kier molecular flexibility index (Phi) is 3.31. The van der Waals surface area contributed by atoms with E-state index in [4.69, 9.17) is 0 Å². The standard InChI is InChI=1S/C23H34N2O2/c1-14(26)24-23-11-18-5-19(12-23)7-21(6-18,13-23)20(27)25-22-8-15-2-16(9-22)4-17(3-15)10-22/h15-19H,2-13H2,1H3,(H,24,26)(H,25,27)/t15?,16?,17?,18-,19+,21?,22?,23?. The van der Waals surface area contributed by atoms with Crippen LogP contribution in [0.4, 0.5) is 0 Å². The molecule has 0 radical (unpaired) electrons. The summed E-state index contributed by atoms with van der Waals surface area (Å²) in [5.74, 6) is 4.26. The highest BCUT2D eigenvalue weighted by Gasteiger charge is 2.62. The van der Waals surface area contributed by atoms with Crippen LogP contribution in [0.25, 0.3) is 0 Å². The summed E-state index contributed by atoms with van der Waals surface area (Å²) in [6.07, 6.45) is 14.4. The molecule has 2 amide bonds. The summed E-state index contributed by atoms with van der Waals surface area (Å²) >= 11 is 0. The van der Waals surface area contributed by atoms with Crippen LogP contribution in [0.3, 0.4) is 0 Å². The van der Waals surface area contributed by atoms with Crippen LogP contribution in [0.1, 0.15) is 84.0 Å². The molecule has 0 aliphatic heterocycles. The molecule has 0 spiro atoms. The number of rotatable bonds is 3. The van der Waals surface area contributed by atoms with Crippen molar-refractivity contribution in [1.82, 2.24) is 10.6 Å². The molecule has 0 saturated heterocycles. The molecule has 4 nitrogen and oxygen atoms in total. The van der Waals surface area contributed by atoms with E-state index >= 15 is 0 Å². The van der Waals surface area contributed by atoms with Crippen molar-refractivity contribution in [3.05, 3.63) is 0 Å². The minimum absolute atomic E-state index is 0.0774. The summed E-state index contributed by atoms with van der Waals surface area (Å²) in [7, 11) is 0. The summed E-state index contributed by atoms with van der Waals surface area (Å²) in [6.45, 7) is 1.64. The highest BCUT2D eigenvalue weighted by atomic mass is 16.2. The fourth-order valence-electron chi connectivity index (χ4n) is 9.69. The highest BCUT2D eigenvalue weighted by Crippen LogP contribution is 2.62. The highest BCUT2D eigenvalue weighted by molar-refractivity contribution is 5.84. The third kappa shape index (κ3) is 2.54. The number of hydrogen-bond acceptors (Lipinski definition) is 2. The lowest BCUT2D eigenvalue weighted by Gasteiger charge is -2.62. The molecule has 8 aliphatic carbocycles. The zero-order valence-corrected chi connectivity index (χ0v) is 16.7. The van der Waals surface area contributed by atoms with Gasteiger partial charge >= 0.3 is 0 Å². The van der Waals surface area contributed by atoms with E-state index < -0.39 is 0 Å². The molecule has 2 N–H and O–H groups in total. The zero-order chi connectivity index (χ0) is 18.4. The Morgan fingerprint density at radius 2 is 1.15 bits per heavy atom. The summed E-state index contributed by atoms with van der Waals surface area (Å²) in [5.41, 5.74) is -0.207. The maximum atomic E-state index is 13.8. The third-order valence-electron chi connectivity index (χ3n) is 9.40. The van der Waals surface area contributed by atoms with Crippen molar-refractivity contribution >= 4 is 11.8 Å². The van der Waals surface area contributed by atoms with Crippen molar-refractivity contribution in [2.75, 3.05) is 0 Å². The second-order valence-corrected chi connectivity index (χ2v) is 11.9. The molecule has 4 heteroatoms. The Hall–Kier alpha value is -1.06. The smallest absolute Gasteiger partial charge is 0.226 e. The lowest BCUT2D eigenvalue weighted by Crippen LogP contribution is -2.68. The molecule has 8 rings (SSSR count). The maximum absolute atomic E-state index is 13.8. The predicted molar refractivity (Wildman–Crippen MR) is 103 cm³/mol. The average Bonchev–Trinajstić information content (AvgIpc) is 2.50. The Morgan fingerprint density at radius 3 is 1.67 bits per heavy atom. The Bertz CT molecular complexity index is 649. The summed E-state index contributed by atoms with van der Waals surface area (Å²) in [6, 6.07) is 0. The molecule has 27 heavy (non-hydrogen) atoms. The van der Waals surface area contributed by atoms with Crippen LogP contribution in [0.5, 0.6) is 0 Å². The Balaban J connectivity index is 1.26.